The molecule has 0 bridgehead atoms. The predicted molar refractivity (Wildman–Crippen MR) is 64.6 cm³/mol. The zero-order valence-corrected chi connectivity index (χ0v) is 10.6. The Morgan fingerprint density at radius 3 is 2.40 bits per heavy atom. The van der Waals surface area contributed by atoms with Gasteiger partial charge >= 0.3 is 0 Å². The molecule has 0 saturated heterocycles. The van der Waals surface area contributed by atoms with Gasteiger partial charge in [-0.3, -0.25) is 4.79 Å². The number of hydrogen-bond donors (Lipinski definition) is 0. The van der Waals surface area contributed by atoms with Crippen LogP contribution in [-0.4, -0.2) is 5.78 Å². The van der Waals surface area contributed by atoms with Gasteiger partial charge < -0.3 is 0 Å². The molecule has 0 aliphatic heterocycles. The first-order valence-corrected chi connectivity index (χ1v) is 5.53. The summed E-state index contributed by atoms with van der Waals surface area (Å²) >= 11 is 11.8. The van der Waals surface area contributed by atoms with Gasteiger partial charge in [0, 0.05) is 21.9 Å². The number of halogens is 2. The third-order valence-electron chi connectivity index (χ3n) is 2.20. The first-order chi connectivity index (χ1) is 6.80. The largest absolute Gasteiger partial charge is 0.299 e. The van der Waals surface area contributed by atoms with Crippen molar-refractivity contribution in [2.75, 3.05) is 0 Å². The Balaban J connectivity index is 2.90. The van der Waals surface area contributed by atoms with Crippen molar-refractivity contribution in [1.82, 2.24) is 0 Å². The second kappa shape index (κ2) is 4.54. The molecule has 0 unspecified atom stereocenters. The lowest BCUT2D eigenvalue weighted by atomic mass is 9.87. The molecule has 0 spiro atoms. The predicted octanol–water partition coefficient (Wildman–Crippen LogP) is 4.15. The van der Waals surface area contributed by atoms with Crippen LogP contribution in [0.1, 0.15) is 26.3 Å². The van der Waals surface area contributed by atoms with Gasteiger partial charge in [-0.2, -0.15) is 0 Å². The third kappa shape index (κ3) is 3.51. The first kappa shape index (κ1) is 12.5. The van der Waals surface area contributed by atoms with Crippen LogP contribution < -0.4 is 0 Å². The average Bonchev–Trinajstić information content (AvgIpc) is 2.09. The van der Waals surface area contributed by atoms with Crippen LogP contribution in [-0.2, 0) is 11.2 Å². The number of ketones is 1. The summed E-state index contributed by atoms with van der Waals surface area (Å²) in [5.74, 6) is 0.159. The SMILES string of the molecule is CC(C)(C)C(=O)Cc1cc(Cl)ccc1Cl. The van der Waals surface area contributed by atoms with E-state index in [9.17, 15) is 4.79 Å². The molecule has 1 aromatic rings. The average molecular weight is 245 g/mol. The molecular formula is C12H14Cl2O. The molecule has 0 heterocycles. The van der Waals surface area contributed by atoms with Crippen molar-refractivity contribution in [1.29, 1.82) is 0 Å². The fraction of sp³-hybridized carbons (Fsp3) is 0.417. The van der Waals surface area contributed by atoms with Crippen LogP contribution in [0.3, 0.4) is 0 Å². The quantitative estimate of drug-likeness (QED) is 0.764. The van der Waals surface area contributed by atoms with Crippen molar-refractivity contribution in [3.8, 4) is 0 Å². The smallest absolute Gasteiger partial charge is 0.142 e. The molecule has 1 rings (SSSR count). The highest BCUT2D eigenvalue weighted by Gasteiger charge is 2.21. The van der Waals surface area contributed by atoms with Gasteiger partial charge in [-0.05, 0) is 23.8 Å². The summed E-state index contributed by atoms with van der Waals surface area (Å²) < 4.78 is 0. The number of carbonyl (C=O) groups excluding carboxylic acids is 1. The number of rotatable bonds is 2. The maximum atomic E-state index is 11.8. The van der Waals surface area contributed by atoms with Gasteiger partial charge in [-0.25, -0.2) is 0 Å². The van der Waals surface area contributed by atoms with Crippen molar-refractivity contribution < 1.29 is 4.79 Å². The van der Waals surface area contributed by atoms with Crippen LogP contribution in [0.5, 0.6) is 0 Å². The van der Waals surface area contributed by atoms with Gasteiger partial charge in [-0.15, -0.1) is 0 Å². The van der Waals surface area contributed by atoms with E-state index in [4.69, 9.17) is 23.2 Å². The molecule has 0 N–H and O–H groups in total. The Kier molecular flexibility index (Phi) is 3.80. The summed E-state index contributed by atoms with van der Waals surface area (Å²) in [5, 5.41) is 1.20. The van der Waals surface area contributed by atoms with Gasteiger partial charge in [0.05, 0.1) is 0 Å². The normalized spacial score (nSPS) is 11.5. The highest BCUT2D eigenvalue weighted by atomic mass is 35.5. The lowest BCUT2D eigenvalue weighted by Crippen LogP contribution is -2.22. The van der Waals surface area contributed by atoms with Crippen molar-refractivity contribution >= 4 is 29.0 Å². The molecule has 0 aliphatic carbocycles. The molecule has 1 nitrogen and oxygen atoms in total. The van der Waals surface area contributed by atoms with Crippen molar-refractivity contribution in [2.45, 2.75) is 27.2 Å². The monoisotopic (exact) mass is 244 g/mol. The topological polar surface area (TPSA) is 17.1 Å². The minimum Gasteiger partial charge on any atom is -0.299 e. The van der Waals surface area contributed by atoms with Gasteiger partial charge in [0.2, 0.25) is 0 Å². The number of hydrogen-bond acceptors (Lipinski definition) is 1. The Morgan fingerprint density at radius 2 is 1.87 bits per heavy atom. The molecule has 0 aromatic heterocycles. The van der Waals surface area contributed by atoms with Crippen molar-refractivity contribution in [2.24, 2.45) is 5.41 Å². The van der Waals surface area contributed by atoms with Crippen LogP contribution in [0, 0.1) is 5.41 Å². The van der Waals surface area contributed by atoms with Gasteiger partial charge in [0.15, 0.2) is 0 Å². The lowest BCUT2D eigenvalue weighted by Gasteiger charge is -2.16. The summed E-state index contributed by atoms with van der Waals surface area (Å²) in [5.41, 5.74) is 0.454. The van der Waals surface area contributed by atoms with Gasteiger partial charge in [-0.1, -0.05) is 44.0 Å². The molecule has 0 aliphatic rings. The Bertz CT molecular complexity index is 378. The van der Waals surface area contributed by atoms with Gasteiger partial charge in [0.1, 0.15) is 5.78 Å². The highest BCUT2D eigenvalue weighted by Crippen LogP contribution is 2.24. The van der Waals surface area contributed by atoms with E-state index in [0.717, 1.165) is 5.56 Å². The molecule has 15 heavy (non-hydrogen) atoms. The molecule has 0 saturated carbocycles. The van der Waals surface area contributed by atoms with Gasteiger partial charge in [0.25, 0.3) is 0 Å². The molecule has 0 radical (unpaired) electrons. The second-order valence-corrected chi connectivity index (χ2v) is 5.43. The lowest BCUT2D eigenvalue weighted by molar-refractivity contribution is -0.125. The maximum absolute atomic E-state index is 11.8. The number of Topliss-reactive ketones (excluding diaryl/α,β-unsaturated/α-hetero) is 1. The van der Waals surface area contributed by atoms with Crippen molar-refractivity contribution in [3.63, 3.8) is 0 Å². The third-order valence-corrected chi connectivity index (χ3v) is 2.80. The number of benzene rings is 1. The molecule has 1 aromatic carbocycles. The number of carbonyl (C=O) groups is 1. The summed E-state index contributed by atoms with van der Waals surface area (Å²) in [6.07, 6.45) is 0.336. The second-order valence-electron chi connectivity index (χ2n) is 4.59. The minimum atomic E-state index is -0.342. The molecule has 0 amide bonds. The van der Waals surface area contributed by atoms with E-state index >= 15 is 0 Å². The van der Waals surface area contributed by atoms with Crippen LogP contribution in [0.25, 0.3) is 0 Å². The summed E-state index contributed by atoms with van der Waals surface area (Å²) in [4.78, 5) is 11.8. The molecule has 0 fully saturated rings. The van der Waals surface area contributed by atoms with E-state index in [2.05, 4.69) is 0 Å². The molecule has 3 heteroatoms. The van der Waals surface area contributed by atoms with Crippen LogP contribution in [0.2, 0.25) is 10.0 Å². The van der Waals surface area contributed by atoms with Crippen LogP contribution in [0.4, 0.5) is 0 Å². The van der Waals surface area contributed by atoms with E-state index in [1.807, 2.05) is 20.8 Å². The van der Waals surface area contributed by atoms with E-state index in [0.29, 0.717) is 16.5 Å². The van der Waals surface area contributed by atoms with E-state index in [1.165, 1.54) is 0 Å². The standard InChI is InChI=1S/C12H14Cl2O/c1-12(2,3)11(15)7-8-6-9(13)4-5-10(8)14/h4-6H,7H2,1-3H3. The summed E-state index contributed by atoms with van der Waals surface area (Å²) in [6.45, 7) is 5.69. The van der Waals surface area contributed by atoms with E-state index in [-0.39, 0.29) is 11.2 Å². The highest BCUT2D eigenvalue weighted by molar-refractivity contribution is 6.33. The van der Waals surface area contributed by atoms with Crippen LogP contribution in [0.15, 0.2) is 18.2 Å². The first-order valence-electron chi connectivity index (χ1n) is 4.78. The Morgan fingerprint density at radius 1 is 1.27 bits per heavy atom. The summed E-state index contributed by atoms with van der Waals surface area (Å²) in [7, 11) is 0. The molecular weight excluding hydrogens is 231 g/mol. The molecule has 0 atom stereocenters. The Hall–Kier alpha value is -0.530. The van der Waals surface area contributed by atoms with Crippen molar-refractivity contribution in [3.05, 3.63) is 33.8 Å². The summed E-state index contributed by atoms with van der Waals surface area (Å²) in [6, 6.07) is 5.18. The fourth-order valence-electron chi connectivity index (χ4n) is 1.12. The zero-order valence-electron chi connectivity index (χ0n) is 9.10. The maximum Gasteiger partial charge on any atom is 0.142 e. The Labute approximate surface area is 100 Å². The fourth-order valence-corrected chi connectivity index (χ4v) is 1.50. The minimum absolute atomic E-state index is 0.159. The molecule has 82 valence electrons. The zero-order chi connectivity index (χ0) is 11.6. The van der Waals surface area contributed by atoms with E-state index in [1.54, 1.807) is 18.2 Å². The van der Waals surface area contributed by atoms with Crippen LogP contribution >= 0.6 is 23.2 Å². The van der Waals surface area contributed by atoms with E-state index < -0.39 is 0 Å².